The van der Waals surface area contributed by atoms with Crippen molar-refractivity contribution in [2.45, 2.75) is 13.8 Å². The van der Waals surface area contributed by atoms with Gasteiger partial charge >= 0.3 is 0 Å². The van der Waals surface area contributed by atoms with Crippen LogP contribution in [0.4, 0.5) is 5.69 Å². The lowest BCUT2D eigenvalue weighted by Gasteiger charge is -2.01. The van der Waals surface area contributed by atoms with Crippen molar-refractivity contribution in [2.75, 3.05) is 11.5 Å². The van der Waals surface area contributed by atoms with Gasteiger partial charge in [-0.25, -0.2) is 0 Å². The summed E-state index contributed by atoms with van der Waals surface area (Å²) in [5, 5.41) is 0.136. The van der Waals surface area contributed by atoms with E-state index >= 15 is 0 Å². The van der Waals surface area contributed by atoms with Crippen LogP contribution in [0, 0.1) is 6.92 Å². The molecule has 0 saturated carbocycles. The Hall–Kier alpha value is -1.22. The summed E-state index contributed by atoms with van der Waals surface area (Å²) in [6.45, 7) is 3.58. The number of carbonyl (C=O) groups is 1. The highest BCUT2D eigenvalue weighted by Crippen LogP contribution is 2.15. The smallest absolute Gasteiger partial charge is 0.186 e. The summed E-state index contributed by atoms with van der Waals surface area (Å²) in [5.41, 5.74) is 8.78. The van der Waals surface area contributed by atoms with Crippen molar-refractivity contribution in [1.29, 1.82) is 0 Å². The third-order valence-corrected chi connectivity index (χ3v) is 2.69. The van der Waals surface area contributed by atoms with E-state index in [0.717, 1.165) is 16.8 Å². The van der Waals surface area contributed by atoms with Crippen LogP contribution >= 0.6 is 11.8 Å². The molecule has 0 spiro atoms. The fourth-order valence-corrected chi connectivity index (χ4v) is 1.61. The second-order valence-electron chi connectivity index (χ2n) is 3.34. The van der Waals surface area contributed by atoms with Gasteiger partial charge in [0.25, 0.3) is 0 Å². The number of nitrogen functional groups attached to an aromatic ring is 1. The molecule has 0 bridgehead atoms. The van der Waals surface area contributed by atoms with Gasteiger partial charge in [0, 0.05) is 18.4 Å². The Labute approximate surface area is 94.6 Å². The summed E-state index contributed by atoms with van der Waals surface area (Å²) in [5.74, 6) is 0.697. The van der Waals surface area contributed by atoms with Crippen molar-refractivity contribution in [2.24, 2.45) is 0 Å². The average molecular weight is 221 g/mol. The van der Waals surface area contributed by atoms with Crippen LogP contribution in [0.25, 0.3) is 6.08 Å². The molecule has 1 aromatic rings. The van der Waals surface area contributed by atoms with Crippen LogP contribution in [-0.4, -0.2) is 10.9 Å². The predicted octanol–water partition coefficient (Wildman–Crippen LogP) is 2.87. The van der Waals surface area contributed by atoms with Crippen LogP contribution in [-0.2, 0) is 4.79 Å². The Kier molecular flexibility index (Phi) is 4.43. The maximum absolute atomic E-state index is 10.7. The molecular weight excluding hydrogens is 206 g/mol. The lowest BCUT2D eigenvalue weighted by Crippen LogP contribution is -1.90. The molecule has 0 heterocycles. The van der Waals surface area contributed by atoms with Gasteiger partial charge in [-0.3, -0.25) is 4.79 Å². The molecule has 3 heteroatoms. The van der Waals surface area contributed by atoms with Gasteiger partial charge < -0.3 is 5.73 Å². The summed E-state index contributed by atoms with van der Waals surface area (Å²) >= 11 is 1.29. The monoisotopic (exact) mass is 221 g/mol. The second-order valence-corrected chi connectivity index (χ2v) is 4.53. The van der Waals surface area contributed by atoms with E-state index < -0.39 is 0 Å². The molecule has 1 rings (SSSR count). The van der Waals surface area contributed by atoms with Crippen molar-refractivity contribution < 1.29 is 4.79 Å². The van der Waals surface area contributed by atoms with Gasteiger partial charge in [-0.1, -0.05) is 36.0 Å². The van der Waals surface area contributed by atoms with Crippen molar-refractivity contribution in [3.63, 3.8) is 0 Å². The molecular formula is C12H15NOS. The first-order valence-corrected chi connectivity index (χ1v) is 5.74. The molecule has 0 saturated heterocycles. The predicted molar refractivity (Wildman–Crippen MR) is 67.8 cm³/mol. The van der Waals surface area contributed by atoms with E-state index in [2.05, 4.69) is 0 Å². The number of aryl methyl sites for hydroxylation is 1. The van der Waals surface area contributed by atoms with Gasteiger partial charge in [0.2, 0.25) is 0 Å². The quantitative estimate of drug-likeness (QED) is 0.798. The van der Waals surface area contributed by atoms with Crippen LogP contribution in [0.3, 0.4) is 0 Å². The Morgan fingerprint density at radius 2 is 2.27 bits per heavy atom. The number of rotatable bonds is 3. The van der Waals surface area contributed by atoms with E-state index in [4.69, 9.17) is 5.73 Å². The Balaban J connectivity index is 2.60. The minimum atomic E-state index is 0.136. The van der Waals surface area contributed by atoms with Gasteiger partial charge in [-0.05, 0) is 24.1 Å². The first-order chi connectivity index (χ1) is 7.09. The lowest BCUT2D eigenvalue weighted by atomic mass is 10.1. The number of nitrogens with two attached hydrogens (primary N) is 1. The molecule has 15 heavy (non-hydrogen) atoms. The minimum Gasteiger partial charge on any atom is -0.398 e. The molecule has 80 valence electrons. The molecule has 2 N–H and O–H groups in total. The Morgan fingerprint density at radius 3 is 2.87 bits per heavy atom. The fourth-order valence-electron chi connectivity index (χ4n) is 1.19. The van der Waals surface area contributed by atoms with Gasteiger partial charge in [0.15, 0.2) is 5.12 Å². The van der Waals surface area contributed by atoms with Crippen LogP contribution in [0.15, 0.2) is 24.3 Å². The highest BCUT2D eigenvalue weighted by Gasteiger charge is 1.95. The molecule has 0 atom stereocenters. The minimum absolute atomic E-state index is 0.136. The zero-order valence-electron chi connectivity index (χ0n) is 8.99. The topological polar surface area (TPSA) is 43.1 Å². The number of benzene rings is 1. The highest BCUT2D eigenvalue weighted by molar-refractivity contribution is 8.13. The molecule has 0 fully saturated rings. The highest BCUT2D eigenvalue weighted by atomic mass is 32.2. The summed E-state index contributed by atoms with van der Waals surface area (Å²) in [7, 11) is 0. The van der Waals surface area contributed by atoms with Crippen LogP contribution < -0.4 is 5.73 Å². The molecule has 0 aliphatic heterocycles. The van der Waals surface area contributed by atoms with E-state index in [1.807, 2.05) is 37.3 Å². The van der Waals surface area contributed by atoms with Crippen molar-refractivity contribution in [1.82, 2.24) is 0 Å². The van der Waals surface area contributed by atoms with Crippen molar-refractivity contribution in [3.05, 3.63) is 35.4 Å². The summed E-state index contributed by atoms with van der Waals surface area (Å²) < 4.78 is 0. The summed E-state index contributed by atoms with van der Waals surface area (Å²) in [4.78, 5) is 10.7. The number of thioether (sulfide) groups is 1. The largest absolute Gasteiger partial charge is 0.398 e. The Morgan fingerprint density at radius 1 is 1.53 bits per heavy atom. The fraction of sp³-hybridized carbons (Fsp3) is 0.250. The SMILES string of the molecule is CC(=O)SCC=Cc1ccc(C)cc1N. The van der Waals surface area contributed by atoms with Crippen molar-refractivity contribution >= 4 is 28.6 Å². The number of anilines is 1. The molecule has 0 aliphatic rings. The standard InChI is InChI=1S/C12H15NOS/c1-9-5-6-11(12(13)8-9)4-3-7-15-10(2)14/h3-6,8H,7,13H2,1-2H3. The average Bonchev–Trinajstić information content (AvgIpc) is 2.14. The van der Waals surface area contributed by atoms with Gasteiger partial charge in [0.1, 0.15) is 0 Å². The van der Waals surface area contributed by atoms with Crippen molar-refractivity contribution in [3.8, 4) is 0 Å². The zero-order chi connectivity index (χ0) is 11.3. The molecule has 0 aromatic heterocycles. The number of hydrogen-bond donors (Lipinski definition) is 1. The second kappa shape index (κ2) is 5.61. The molecule has 0 aliphatic carbocycles. The third-order valence-electron chi connectivity index (χ3n) is 1.92. The maximum atomic E-state index is 10.7. The molecule has 0 radical (unpaired) electrons. The van der Waals surface area contributed by atoms with E-state index in [1.165, 1.54) is 11.8 Å². The first-order valence-electron chi connectivity index (χ1n) is 4.75. The zero-order valence-corrected chi connectivity index (χ0v) is 9.80. The first kappa shape index (κ1) is 11.9. The lowest BCUT2D eigenvalue weighted by molar-refractivity contribution is -0.109. The van der Waals surface area contributed by atoms with E-state index in [-0.39, 0.29) is 5.12 Å². The molecule has 0 unspecified atom stereocenters. The van der Waals surface area contributed by atoms with E-state index in [0.29, 0.717) is 5.75 Å². The molecule has 2 nitrogen and oxygen atoms in total. The Bertz CT molecular complexity index is 385. The van der Waals surface area contributed by atoms with Gasteiger partial charge in [0.05, 0.1) is 0 Å². The number of hydrogen-bond acceptors (Lipinski definition) is 3. The van der Waals surface area contributed by atoms with Gasteiger partial charge in [-0.2, -0.15) is 0 Å². The summed E-state index contributed by atoms with van der Waals surface area (Å²) in [6.07, 6.45) is 3.90. The summed E-state index contributed by atoms with van der Waals surface area (Å²) in [6, 6.07) is 5.95. The van der Waals surface area contributed by atoms with Gasteiger partial charge in [-0.15, -0.1) is 0 Å². The molecule has 0 amide bonds. The molecule has 1 aromatic carbocycles. The van der Waals surface area contributed by atoms with E-state index in [9.17, 15) is 4.79 Å². The van der Waals surface area contributed by atoms with Crippen LogP contribution in [0.1, 0.15) is 18.1 Å². The maximum Gasteiger partial charge on any atom is 0.186 e. The van der Waals surface area contributed by atoms with E-state index in [1.54, 1.807) is 6.92 Å². The normalized spacial score (nSPS) is 10.8. The van der Waals surface area contributed by atoms with Crippen LogP contribution in [0.2, 0.25) is 0 Å². The third kappa shape index (κ3) is 4.21. The number of carbonyl (C=O) groups excluding carboxylic acids is 1. The van der Waals surface area contributed by atoms with Crippen LogP contribution in [0.5, 0.6) is 0 Å².